The molecule has 2 rings (SSSR count). The fraction of sp³-hybridized carbons (Fsp3) is 0. The Morgan fingerprint density at radius 2 is 2.00 bits per heavy atom. The minimum absolute atomic E-state index is 0.118. The summed E-state index contributed by atoms with van der Waals surface area (Å²) in [5.74, 6) is 5.27. The first-order valence-corrected chi connectivity index (χ1v) is 5.80. The Kier molecular flexibility index (Phi) is 3.88. The van der Waals surface area contributed by atoms with Crippen molar-refractivity contribution in [3.63, 3.8) is 0 Å². The monoisotopic (exact) mass is 325 g/mol. The second-order valence-corrected chi connectivity index (χ2v) is 4.25. The van der Waals surface area contributed by atoms with Crippen LogP contribution in [0.1, 0.15) is 0 Å². The highest BCUT2D eigenvalue weighted by molar-refractivity contribution is 9.10. The zero-order chi connectivity index (χ0) is 13.8. The molecule has 0 fully saturated rings. The van der Waals surface area contributed by atoms with Gasteiger partial charge in [-0.1, -0.05) is 15.9 Å². The predicted octanol–water partition coefficient (Wildman–Crippen LogP) is 2.23. The molecule has 8 nitrogen and oxygen atoms in total. The first-order chi connectivity index (χ1) is 9.11. The molecule has 0 aliphatic carbocycles. The van der Waals surface area contributed by atoms with Crippen molar-refractivity contribution >= 4 is 27.4 Å². The molecule has 9 heteroatoms. The second-order valence-electron chi connectivity index (χ2n) is 3.33. The van der Waals surface area contributed by atoms with Crippen molar-refractivity contribution in [3.05, 3.63) is 45.2 Å². The minimum atomic E-state index is -0.663. The number of aromatic nitrogens is 2. The van der Waals surface area contributed by atoms with E-state index in [1.54, 1.807) is 24.3 Å². The largest absolute Gasteiger partial charge is 0.434 e. The molecule has 19 heavy (non-hydrogen) atoms. The van der Waals surface area contributed by atoms with Crippen molar-refractivity contribution in [2.75, 3.05) is 5.43 Å². The summed E-state index contributed by atoms with van der Waals surface area (Å²) in [6.07, 6.45) is 1.12. The maximum Gasteiger partial charge on any atom is 0.374 e. The molecule has 0 amide bonds. The standard InChI is InChI=1S/C10H8BrN5O3/c11-6-1-3-7(4-2-6)19-10-8(16(17)18)9(15-12)13-5-14-10/h1-5H,12H2,(H,13,14,15). The van der Waals surface area contributed by atoms with Crippen molar-refractivity contribution in [1.82, 2.24) is 9.97 Å². The van der Waals surface area contributed by atoms with Crippen LogP contribution in [-0.4, -0.2) is 14.9 Å². The lowest BCUT2D eigenvalue weighted by atomic mass is 10.3. The van der Waals surface area contributed by atoms with Crippen LogP contribution in [0, 0.1) is 10.1 Å². The quantitative estimate of drug-likeness (QED) is 0.502. The molecular formula is C10H8BrN5O3. The van der Waals surface area contributed by atoms with Gasteiger partial charge in [0.25, 0.3) is 0 Å². The highest BCUT2D eigenvalue weighted by Gasteiger charge is 2.24. The lowest BCUT2D eigenvalue weighted by molar-refractivity contribution is -0.385. The molecule has 0 bridgehead atoms. The number of hydrogen-bond acceptors (Lipinski definition) is 7. The summed E-state index contributed by atoms with van der Waals surface area (Å²) >= 11 is 3.28. The third-order valence-corrected chi connectivity index (χ3v) is 2.66. The van der Waals surface area contributed by atoms with E-state index in [4.69, 9.17) is 10.6 Å². The van der Waals surface area contributed by atoms with Crippen molar-refractivity contribution in [1.29, 1.82) is 0 Å². The molecule has 0 saturated heterocycles. The number of nitro groups is 1. The summed E-state index contributed by atoms with van der Waals surface area (Å²) in [6.45, 7) is 0. The van der Waals surface area contributed by atoms with Gasteiger partial charge in [0.2, 0.25) is 5.82 Å². The van der Waals surface area contributed by atoms with E-state index in [9.17, 15) is 10.1 Å². The highest BCUT2D eigenvalue weighted by Crippen LogP contribution is 2.33. The van der Waals surface area contributed by atoms with Crippen molar-refractivity contribution in [2.45, 2.75) is 0 Å². The molecule has 0 radical (unpaired) electrons. The Labute approximate surface area is 115 Å². The molecule has 0 spiro atoms. The minimum Gasteiger partial charge on any atom is -0.434 e. The molecule has 0 atom stereocenters. The van der Waals surface area contributed by atoms with Crippen LogP contribution in [-0.2, 0) is 0 Å². The van der Waals surface area contributed by atoms with Crippen LogP contribution in [0.2, 0.25) is 0 Å². The van der Waals surface area contributed by atoms with Gasteiger partial charge in [-0.05, 0) is 24.3 Å². The zero-order valence-corrected chi connectivity index (χ0v) is 11.0. The van der Waals surface area contributed by atoms with Crippen LogP contribution in [0.5, 0.6) is 11.6 Å². The van der Waals surface area contributed by atoms with Crippen LogP contribution in [0.3, 0.4) is 0 Å². The SMILES string of the molecule is NNc1ncnc(Oc2ccc(Br)cc2)c1[N+](=O)[O-]. The van der Waals surface area contributed by atoms with Crippen LogP contribution in [0.4, 0.5) is 11.5 Å². The molecular weight excluding hydrogens is 318 g/mol. The lowest BCUT2D eigenvalue weighted by Gasteiger charge is -2.07. The number of anilines is 1. The second kappa shape index (κ2) is 5.59. The van der Waals surface area contributed by atoms with Gasteiger partial charge in [-0.2, -0.15) is 4.98 Å². The number of hydrazine groups is 1. The first-order valence-electron chi connectivity index (χ1n) is 5.01. The van der Waals surface area contributed by atoms with Crippen LogP contribution >= 0.6 is 15.9 Å². The third-order valence-electron chi connectivity index (χ3n) is 2.14. The molecule has 1 aromatic carbocycles. The molecule has 98 valence electrons. The Hall–Kier alpha value is -2.26. The maximum atomic E-state index is 11.0. The van der Waals surface area contributed by atoms with Gasteiger partial charge >= 0.3 is 11.6 Å². The summed E-state index contributed by atoms with van der Waals surface area (Å²) < 4.78 is 6.22. The number of nitrogens with one attached hydrogen (secondary N) is 1. The summed E-state index contributed by atoms with van der Waals surface area (Å²) in [5, 5.41) is 11.0. The number of benzene rings is 1. The zero-order valence-electron chi connectivity index (χ0n) is 9.41. The molecule has 2 aromatic rings. The molecule has 1 heterocycles. The predicted molar refractivity (Wildman–Crippen MR) is 70.7 cm³/mol. The first kappa shape index (κ1) is 13.2. The fourth-order valence-corrected chi connectivity index (χ4v) is 1.59. The van der Waals surface area contributed by atoms with E-state index < -0.39 is 10.6 Å². The van der Waals surface area contributed by atoms with E-state index in [1.807, 2.05) is 0 Å². The van der Waals surface area contributed by atoms with Gasteiger partial charge in [0.15, 0.2) is 0 Å². The average molecular weight is 326 g/mol. The Balaban J connectivity index is 2.39. The van der Waals surface area contributed by atoms with E-state index in [-0.39, 0.29) is 11.7 Å². The summed E-state index contributed by atoms with van der Waals surface area (Å²) in [6, 6.07) is 6.77. The fourth-order valence-electron chi connectivity index (χ4n) is 1.32. The topological polar surface area (TPSA) is 116 Å². The van der Waals surface area contributed by atoms with Crippen LogP contribution < -0.4 is 16.0 Å². The molecule has 1 aromatic heterocycles. The van der Waals surface area contributed by atoms with Gasteiger partial charge in [-0.25, -0.2) is 10.8 Å². The number of halogens is 1. The number of nitrogen functional groups attached to an aromatic ring is 1. The van der Waals surface area contributed by atoms with E-state index in [2.05, 4.69) is 31.3 Å². The average Bonchev–Trinajstić information content (AvgIpc) is 2.40. The molecule has 0 saturated carbocycles. The van der Waals surface area contributed by atoms with E-state index in [0.717, 1.165) is 10.8 Å². The number of nitrogens with zero attached hydrogens (tertiary/aromatic N) is 3. The van der Waals surface area contributed by atoms with Crippen LogP contribution in [0.15, 0.2) is 35.1 Å². The van der Waals surface area contributed by atoms with E-state index in [1.165, 1.54) is 0 Å². The Morgan fingerprint density at radius 3 is 2.58 bits per heavy atom. The van der Waals surface area contributed by atoms with Gasteiger partial charge in [0.05, 0.1) is 4.92 Å². The maximum absolute atomic E-state index is 11.0. The highest BCUT2D eigenvalue weighted by atomic mass is 79.9. The lowest BCUT2D eigenvalue weighted by Crippen LogP contribution is -2.12. The molecule has 0 aliphatic heterocycles. The summed E-state index contributed by atoms with van der Waals surface area (Å²) in [4.78, 5) is 17.7. The van der Waals surface area contributed by atoms with Gasteiger partial charge in [-0.15, -0.1) is 0 Å². The normalized spacial score (nSPS) is 10.0. The molecule has 0 aliphatic rings. The third kappa shape index (κ3) is 2.95. The number of ether oxygens (including phenoxy) is 1. The smallest absolute Gasteiger partial charge is 0.374 e. The van der Waals surface area contributed by atoms with E-state index >= 15 is 0 Å². The summed E-state index contributed by atoms with van der Waals surface area (Å²) in [5.41, 5.74) is 1.71. The van der Waals surface area contributed by atoms with Crippen molar-refractivity contribution in [3.8, 4) is 11.6 Å². The molecule has 0 unspecified atom stereocenters. The molecule has 3 N–H and O–H groups in total. The van der Waals surface area contributed by atoms with Crippen molar-refractivity contribution < 1.29 is 9.66 Å². The van der Waals surface area contributed by atoms with Crippen LogP contribution in [0.25, 0.3) is 0 Å². The number of nitrogens with two attached hydrogens (primary N) is 1. The Bertz CT molecular complexity index is 605. The van der Waals surface area contributed by atoms with Gasteiger partial charge in [0.1, 0.15) is 12.1 Å². The number of hydrogen-bond donors (Lipinski definition) is 2. The van der Waals surface area contributed by atoms with Gasteiger partial charge < -0.3 is 10.2 Å². The summed E-state index contributed by atoms with van der Waals surface area (Å²) in [7, 11) is 0. The van der Waals surface area contributed by atoms with E-state index in [0.29, 0.717) is 5.75 Å². The Morgan fingerprint density at radius 1 is 1.32 bits per heavy atom. The number of rotatable bonds is 4. The van der Waals surface area contributed by atoms with Gasteiger partial charge in [0, 0.05) is 4.47 Å². The van der Waals surface area contributed by atoms with Crippen molar-refractivity contribution in [2.24, 2.45) is 5.84 Å². The van der Waals surface area contributed by atoms with Gasteiger partial charge in [-0.3, -0.25) is 10.1 Å².